The number of rotatable bonds is 5. The van der Waals surface area contributed by atoms with Gasteiger partial charge in [0, 0.05) is 30.7 Å². The van der Waals surface area contributed by atoms with Gasteiger partial charge in [0.2, 0.25) is 10.0 Å². The van der Waals surface area contributed by atoms with Gasteiger partial charge in [-0.3, -0.25) is 0 Å². The Morgan fingerprint density at radius 2 is 2.30 bits per heavy atom. The molecular formula is C13H19FN2O3S. The fourth-order valence-electron chi connectivity index (χ4n) is 2.23. The van der Waals surface area contributed by atoms with Crippen molar-refractivity contribution in [2.45, 2.75) is 30.8 Å². The van der Waals surface area contributed by atoms with Gasteiger partial charge in [-0.2, -0.15) is 0 Å². The lowest BCUT2D eigenvalue weighted by atomic mass is 10.0. The maximum atomic E-state index is 13.4. The van der Waals surface area contributed by atoms with E-state index >= 15 is 0 Å². The van der Waals surface area contributed by atoms with Crippen molar-refractivity contribution < 1.29 is 17.5 Å². The van der Waals surface area contributed by atoms with E-state index in [0.29, 0.717) is 13.2 Å². The van der Waals surface area contributed by atoms with Gasteiger partial charge in [0.25, 0.3) is 0 Å². The molecule has 0 radical (unpaired) electrons. The third-order valence-corrected chi connectivity index (χ3v) is 5.12. The molecular weight excluding hydrogens is 283 g/mol. The third-order valence-electron chi connectivity index (χ3n) is 3.56. The minimum absolute atomic E-state index is 0.0325. The average Bonchev–Trinajstić information content (AvgIpc) is 2.92. The number of ether oxygens (including phenoxy) is 1. The van der Waals surface area contributed by atoms with Crippen molar-refractivity contribution in [1.82, 2.24) is 4.72 Å². The Hall–Kier alpha value is -1.02. The molecule has 1 aromatic rings. The van der Waals surface area contributed by atoms with Crippen molar-refractivity contribution in [3.05, 3.63) is 29.6 Å². The van der Waals surface area contributed by atoms with E-state index in [2.05, 4.69) is 4.72 Å². The van der Waals surface area contributed by atoms with Gasteiger partial charge in [-0.15, -0.1) is 0 Å². The van der Waals surface area contributed by atoms with Crippen molar-refractivity contribution >= 4 is 10.0 Å². The molecule has 2 atom stereocenters. The second-order valence-corrected chi connectivity index (χ2v) is 6.70. The maximum absolute atomic E-state index is 13.4. The number of halogens is 1. The maximum Gasteiger partial charge on any atom is 0.240 e. The van der Waals surface area contributed by atoms with Crippen LogP contribution in [0.2, 0.25) is 0 Å². The van der Waals surface area contributed by atoms with E-state index in [1.54, 1.807) is 0 Å². The lowest BCUT2D eigenvalue weighted by Gasteiger charge is -2.19. The van der Waals surface area contributed by atoms with Crippen molar-refractivity contribution in [3.63, 3.8) is 0 Å². The van der Waals surface area contributed by atoms with E-state index < -0.39 is 15.8 Å². The van der Waals surface area contributed by atoms with E-state index in [4.69, 9.17) is 10.5 Å². The lowest BCUT2D eigenvalue weighted by molar-refractivity contribution is 0.180. The van der Waals surface area contributed by atoms with E-state index in [9.17, 15) is 12.8 Å². The molecule has 1 fully saturated rings. The molecule has 112 valence electrons. The van der Waals surface area contributed by atoms with E-state index in [1.807, 2.05) is 6.92 Å². The summed E-state index contributed by atoms with van der Waals surface area (Å²) < 4.78 is 45.7. The first-order valence-corrected chi connectivity index (χ1v) is 8.01. The van der Waals surface area contributed by atoms with Crippen LogP contribution < -0.4 is 10.5 Å². The second kappa shape index (κ2) is 6.17. The summed E-state index contributed by atoms with van der Waals surface area (Å²) in [6.07, 6.45) is 0.834. The van der Waals surface area contributed by atoms with Crippen LogP contribution in [0.5, 0.6) is 0 Å². The first kappa shape index (κ1) is 15.4. The molecule has 0 spiro atoms. The molecule has 2 rings (SSSR count). The van der Waals surface area contributed by atoms with Gasteiger partial charge >= 0.3 is 0 Å². The van der Waals surface area contributed by atoms with Crippen LogP contribution in [0.4, 0.5) is 4.39 Å². The number of nitrogens with two attached hydrogens (primary N) is 1. The Balaban J connectivity index is 2.17. The van der Waals surface area contributed by atoms with Crippen LogP contribution in [-0.4, -0.2) is 27.7 Å². The van der Waals surface area contributed by atoms with Gasteiger partial charge in [0.05, 0.1) is 11.5 Å². The van der Waals surface area contributed by atoms with Crippen LogP contribution in [0.1, 0.15) is 18.9 Å². The number of benzene rings is 1. The second-order valence-electron chi connectivity index (χ2n) is 4.99. The summed E-state index contributed by atoms with van der Waals surface area (Å²) in [5, 5.41) is 0. The first-order chi connectivity index (χ1) is 9.44. The van der Waals surface area contributed by atoms with Crippen LogP contribution in [0, 0.1) is 11.7 Å². The highest BCUT2D eigenvalue weighted by molar-refractivity contribution is 7.89. The molecule has 0 aromatic heterocycles. The van der Waals surface area contributed by atoms with Crippen LogP contribution in [-0.2, 0) is 21.3 Å². The highest BCUT2D eigenvalue weighted by atomic mass is 32.2. The minimum Gasteiger partial charge on any atom is -0.381 e. The summed E-state index contributed by atoms with van der Waals surface area (Å²) in [7, 11) is -3.67. The summed E-state index contributed by atoms with van der Waals surface area (Å²) >= 11 is 0. The zero-order chi connectivity index (χ0) is 14.8. The molecule has 1 aliphatic rings. The third kappa shape index (κ3) is 3.35. The van der Waals surface area contributed by atoms with E-state index in [1.165, 1.54) is 12.1 Å². The van der Waals surface area contributed by atoms with Gasteiger partial charge in [0.1, 0.15) is 5.82 Å². The van der Waals surface area contributed by atoms with Crippen LogP contribution in [0.3, 0.4) is 0 Å². The highest BCUT2D eigenvalue weighted by Gasteiger charge is 2.27. The zero-order valence-corrected chi connectivity index (χ0v) is 12.1. The molecule has 0 aliphatic carbocycles. The molecule has 2 unspecified atom stereocenters. The standard InChI is InChI=1S/C13H19FN2O3S/c1-9(10-4-5-19-8-10)16-20(17,18)12-2-3-13(14)11(6-12)7-15/h2-3,6,9-10,16H,4-5,7-8,15H2,1H3. The lowest BCUT2D eigenvalue weighted by Crippen LogP contribution is -2.38. The predicted molar refractivity (Wildman–Crippen MR) is 73.0 cm³/mol. The van der Waals surface area contributed by atoms with Crippen molar-refractivity contribution in [1.29, 1.82) is 0 Å². The molecule has 1 aromatic carbocycles. The quantitative estimate of drug-likeness (QED) is 0.850. The normalized spacial score (nSPS) is 21.1. The number of hydrogen-bond donors (Lipinski definition) is 2. The van der Waals surface area contributed by atoms with Crippen molar-refractivity contribution in [2.24, 2.45) is 11.7 Å². The van der Waals surface area contributed by atoms with Gasteiger partial charge in [-0.05, 0) is 31.5 Å². The first-order valence-electron chi connectivity index (χ1n) is 6.52. The van der Waals surface area contributed by atoms with Gasteiger partial charge in [-0.1, -0.05) is 0 Å². The molecule has 20 heavy (non-hydrogen) atoms. The number of nitrogens with one attached hydrogen (secondary N) is 1. The Morgan fingerprint density at radius 1 is 1.55 bits per heavy atom. The molecule has 0 bridgehead atoms. The van der Waals surface area contributed by atoms with Gasteiger partial charge in [-0.25, -0.2) is 17.5 Å². The number of hydrogen-bond acceptors (Lipinski definition) is 4. The zero-order valence-electron chi connectivity index (χ0n) is 11.3. The molecule has 3 N–H and O–H groups in total. The van der Waals surface area contributed by atoms with E-state index in [0.717, 1.165) is 12.5 Å². The Bertz CT molecular complexity index is 571. The summed E-state index contributed by atoms with van der Waals surface area (Å²) in [5.74, 6) is -0.331. The summed E-state index contributed by atoms with van der Waals surface area (Å²) in [4.78, 5) is 0.0325. The van der Waals surface area contributed by atoms with Crippen LogP contribution >= 0.6 is 0 Å². The molecule has 1 aliphatic heterocycles. The van der Waals surface area contributed by atoms with Crippen LogP contribution in [0.25, 0.3) is 0 Å². The Morgan fingerprint density at radius 3 is 2.90 bits per heavy atom. The smallest absolute Gasteiger partial charge is 0.240 e. The van der Waals surface area contributed by atoms with Gasteiger partial charge in [0.15, 0.2) is 0 Å². The van der Waals surface area contributed by atoms with Crippen LogP contribution in [0.15, 0.2) is 23.1 Å². The Kier molecular flexibility index (Phi) is 4.74. The summed E-state index contributed by atoms with van der Waals surface area (Å²) in [6.45, 7) is 2.98. The predicted octanol–water partition coefficient (Wildman–Crippen LogP) is 0.988. The fourth-order valence-corrected chi connectivity index (χ4v) is 3.59. The topological polar surface area (TPSA) is 81.4 Å². The summed E-state index contributed by atoms with van der Waals surface area (Å²) in [6, 6.07) is 3.42. The summed E-state index contributed by atoms with van der Waals surface area (Å²) in [5.41, 5.74) is 5.58. The van der Waals surface area contributed by atoms with Gasteiger partial charge < -0.3 is 10.5 Å². The molecule has 0 saturated carbocycles. The molecule has 0 amide bonds. The Labute approximate surface area is 118 Å². The molecule has 1 saturated heterocycles. The SMILES string of the molecule is CC(NS(=O)(=O)c1ccc(F)c(CN)c1)C1CCOC1. The monoisotopic (exact) mass is 302 g/mol. The molecule has 1 heterocycles. The molecule has 7 heteroatoms. The molecule has 5 nitrogen and oxygen atoms in total. The van der Waals surface area contributed by atoms with E-state index in [-0.39, 0.29) is 29.0 Å². The number of sulfonamides is 1. The largest absolute Gasteiger partial charge is 0.381 e. The van der Waals surface area contributed by atoms with Crippen molar-refractivity contribution in [3.8, 4) is 0 Å². The fraction of sp³-hybridized carbons (Fsp3) is 0.538. The minimum atomic E-state index is -3.67. The average molecular weight is 302 g/mol. The highest BCUT2D eigenvalue weighted by Crippen LogP contribution is 2.20. The van der Waals surface area contributed by atoms with Crippen molar-refractivity contribution in [2.75, 3.05) is 13.2 Å².